The Labute approximate surface area is 94.9 Å². The predicted molar refractivity (Wildman–Crippen MR) is 61.4 cm³/mol. The molecule has 0 aromatic heterocycles. The Hall–Kier alpha value is -1.39. The summed E-state index contributed by atoms with van der Waals surface area (Å²) in [5, 5.41) is 21.5. The number of aliphatic hydroxyl groups is 1. The van der Waals surface area contributed by atoms with Crippen LogP contribution in [0.2, 0.25) is 0 Å². The Morgan fingerprint density at radius 1 is 1.38 bits per heavy atom. The Balaban J connectivity index is 2.64. The molecule has 4 nitrogen and oxygen atoms in total. The largest absolute Gasteiger partial charge is 0.478 e. The second-order valence-electron chi connectivity index (χ2n) is 4.38. The van der Waals surface area contributed by atoms with Crippen molar-refractivity contribution in [2.45, 2.75) is 26.0 Å². The van der Waals surface area contributed by atoms with Crippen LogP contribution in [0.4, 0.5) is 0 Å². The number of hydrogen-bond donors (Lipinski definition) is 3. The molecule has 16 heavy (non-hydrogen) atoms. The van der Waals surface area contributed by atoms with Crippen molar-refractivity contribution in [3.8, 4) is 0 Å². The first-order chi connectivity index (χ1) is 7.40. The lowest BCUT2D eigenvalue weighted by Gasteiger charge is -2.18. The van der Waals surface area contributed by atoms with Crippen molar-refractivity contribution >= 4 is 5.97 Å². The molecule has 0 aliphatic rings. The minimum Gasteiger partial charge on any atom is -0.478 e. The first-order valence-electron chi connectivity index (χ1n) is 5.14. The minimum absolute atomic E-state index is 0.297. The van der Waals surface area contributed by atoms with Crippen LogP contribution < -0.4 is 5.32 Å². The summed E-state index contributed by atoms with van der Waals surface area (Å²) in [7, 11) is 0. The van der Waals surface area contributed by atoms with E-state index in [-0.39, 0.29) is 0 Å². The molecule has 88 valence electrons. The van der Waals surface area contributed by atoms with Gasteiger partial charge >= 0.3 is 5.97 Å². The van der Waals surface area contributed by atoms with Gasteiger partial charge in [0.2, 0.25) is 0 Å². The zero-order valence-electron chi connectivity index (χ0n) is 9.53. The van der Waals surface area contributed by atoms with Crippen molar-refractivity contribution in [2.75, 3.05) is 6.54 Å². The van der Waals surface area contributed by atoms with Gasteiger partial charge in [0.05, 0.1) is 11.2 Å². The van der Waals surface area contributed by atoms with Gasteiger partial charge in [0.25, 0.3) is 0 Å². The molecule has 0 saturated heterocycles. The van der Waals surface area contributed by atoms with Gasteiger partial charge in [-0.2, -0.15) is 0 Å². The van der Waals surface area contributed by atoms with Crippen LogP contribution >= 0.6 is 0 Å². The minimum atomic E-state index is -0.930. The van der Waals surface area contributed by atoms with E-state index in [2.05, 4.69) is 5.32 Å². The molecular weight excluding hydrogens is 206 g/mol. The third-order valence-corrected chi connectivity index (χ3v) is 2.12. The first-order valence-corrected chi connectivity index (χ1v) is 5.14. The molecule has 0 radical (unpaired) electrons. The highest BCUT2D eigenvalue weighted by molar-refractivity contribution is 5.89. The molecule has 1 aromatic carbocycles. The van der Waals surface area contributed by atoms with Gasteiger partial charge in [0.1, 0.15) is 0 Å². The van der Waals surface area contributed by atoms with Crippen LogP contribution in [-0.2, 0) is 6.54 Å². The molecule has 0 saturated carbocycles. The summed E-state index contributed by atoms with van der Waals surface area (Å²) in [5.74, 6) is -0.930. The predicted octanol–water partition coefficient (Wildman–Crippen LogP) is 1.25. The lowest BCUT2D eigenvalue weighted by atomic mass is 10.1. The van der Waals surface area contributed by atoms with E-state index in [0.29, 0.717) is 18.7 Å². The zero-order valence-corrected chi connectivity index (χ0v) is 9.53. The average molecular weight is 223 g/mol. The number of nitrogens with one attached hydrogen (secondary N) is 1. The van der Waals surface area contributed by atoms with Crippen LogP contribution in [0.25, 0.3) is 0 Å². The summed E-state index contributed by atoms with van der Waals surface area (Å²) in [5.41, 5.74) is 0.225. The highest BCUT2D eigenvalue weighted by Gasteiger charge is 2.13. The Kier molecular flexibility index (Phi) is 4.04. The topological polar surface area (TPSA) is 69.6 Å². The standard InChI is InChI=1S/C12H17NO3/c1-12(2,16)8-13-7-9-5-3-4-6-10(9)11(14)15/h3-6,13,16H,7-8H2,1-2H3,(H,14,15). The molecule has 0 fully saturated rings. The highest BCUT2D eigenvalue weighted by Crippen LogP contribution is 2.08. The highest BCUT2D eigenvalue weighted by atomic mass is 16.4. The van der Waals surface area contributed by atoms with Crippen LogP contribution in [0.3, 0.4) is 0 Å². The van der Waals surface area contributed by atoms with E-state index in [4.69, 9.17) is 5.11 Å². The third kappa shape index (κ3) is 4.00. The maximum atomic E-state index is 10.9. The molecule has 0 aliphatic heterocycles. The van der Waals surface area contributed by atoms with Crippen molar-refractivity contribution < 1.29 is 15.0 Å². The lowest BCUT2D eigenvalue weighted by Crippen LogP contribution is -2.34. The summed E-state index contributed by atoms with van der Waals surface area (Å²) in [6.45, 7) is 4.25. The maximum Gasteiger partial charge on any atom is 0.336 e. The van der Waals surface area contributed by atoms with Gasteiger partial charge < -0.3 is 15.5 Å². The molecule has 0 spiro atoms. The normalized spacial score (nSPS) is 11.4. The molecule has 0 unspecified atom stereocenters. The van der Waals surface area contributed by atoms with Gasteiger partial charge in [0.15, 0.2) is 0 Å². The summed E-state index contributed by atoms with van der Waals surface area (Å²) >= 11 is 0. The molecule has 0 amide bonds. The van der Waals surface area contributed by atoms with Crippen LogP contribution in [0.5, 0.6) is 0 Å². The average Bonchev–Trinajstić information content (AvgIpc) is 2.16. The van der Waals surface area contributed by atoms with Crippen LogP contribution in [-0.4, -0.2) is 28.3 Å². The smallest absolute Gasteiger partial charge is 0.336 e. The number of aromatic carboxylic acids is 1. The Bertz CT molecular complexity index is 369. The van der Waals surface area contributed by atoms with Gasteiger partial charge in [-0.25, -0.2) is 4.79 Å². The molecular formula is C12H17NO3. The molecule has 1 aromatic rings. The number of carboxylic acid groups (broad SMARTS) is 1. The van der Waals surface area contributed by atoms with Gasteiger partial charge in [-0.3, -0.25) is 0 Å². The number of benzene rings is 1. The Morgan fingerprint density at radius 3 is 2.56 bits per heavy atom. The van der Waals surface area contributed by atoms with Crippen molar-refractivity contribution in [3.05, 3.63) is 35.4 Å². The van der Waals surface area contributed by atoms with E-state index >= 15 is 0 Å². The second kappa shape index (κ2) is 5.09. The molecule has 4 heteroatoms. The lowest BCUT2D eigenvalue weighted by molar-refractivity contribution is 0.0695. The quantitative estimate of drug-likeness (QED) is 0.702. The van der Waals surface area contributed by atoms with E-state index in [1.54, 1.807) is 38.1 Å². The fourth-order valence-electron chi connectivity index (χ4n) is 1.39. The van der Waals surface area contributed by atoms with E-state index < -0.39 is 11.6 Å². The maximum absolute atomic E-state index is 10.9. The Morgan fingerprint density at radius 2 is 2.00 bits per heavy atom. The first kappa shape index (κ1) is 12.7. The number of rotatable bonds is 5. The van der Waals surface area contributed by atoms with Crippen molar-refractivity contribution in [1.82, 2.24) is 5.32 Å². The van der Waals surface area contributed by atoms with E-state index in [1.165, 1.54) is 0 Å². The molecule has 1 rings (SSSR count). The third-order valence-electron chi connectivity index (χ3n) is 2.12. The molecule has 0 heterocycles. The van der Waals surface area contributed by atoms with Crippen molar-refractivity contribution in [1.29, 1.82) is 0 Å². The number of hydrogen-bond acceptors (Lipinski definition) is 3. The van der Waals surface area contributed by atoms with Gasteiger partial charge in [0, 0.05) is 13.1 Å². The SMILES string of the molecule is CC(C)(O)CNCc1ccccc1C(=O)O. The van der Waals surface area contributed by atoms with Gasteiger partial charge in [-0.1, -0.05) is 18.2 Å². The monoisotopic (exact) mass is 223 g/mol. The molecule has 3 N–H and O–H groups in total. The fraction of sp³-hybridized carbons (Fsp3) is 0.417. The zero-order chi connectivity index (χ0) is 12.2. The summed E-state index contributed by atoms with van der Waals surface area (Å²) in [6, 6.07) is 6.83. The van der Waals surface area contributed by atoms with Crippen molar-refractivity contribution in [2.24, 2.45) is 0 Å². The molecule has 0 aliphatic carbocycles. The summed E-state index contributed by atoms with van der Waals surface area (Å²) in [4.78, 5) is 10.9. The van der Waals surface area contributed by atoms with Crippen LogP contribution in [0.15, 0.2) is 24.3 Å². The van der Waals surface area contributed by atoms with Crippen LogP contribution in [0, 0.1) is 0 Å². The number of carbonyl (C=O) groups is 1. The number of carboxylic acids is 1. The molecule has 0 bridgehead atoms. The van der Waals surface area contributed by atoms with Gasteiger partial charge in [-0.05, 0) is 25.5 Å². The van der Waals surface area contributed by atoms with E-state index in [0.717, 1.165) is 5.56 Å². The fourth-order valence-corrected chi connectivity index (χ4v) is 1.39. The van der Waals surface area contributed by atoms with E-state index in [1.807, 2.05) is 0 Å². The van der Waals surface area contributed by atoms with Crippen LogP contribution in [0.1, 0.15) is 29.8 Å². The summed E-state index contributed by atoms with van der Waals surface area (Å²) in [6.07, 6.45) is 0. The molecule has 0 atom stereocenters. The van der Waals surface area contributed by atoms with Gasteiger partial charge in [-0.15, -0.1) is 0 Å². The van der Waals surface area contributed by atoms with Crippen molar-refractivity contribution in [3.63, 3.8) is 0 Å². The summed E-state index contributed by atoms with van der Waals surface area (Å²) < 4.78 is 0. The second-order valence-corrected chi connectivity index (χ2v) is 4.38. The van der Waals surface area contributed by atoms with E-state index in [9.17, 15) is 9.90 Å².